The van der Waals surface area contributed by atoms with E-state index in [1.165, 1.54) is 0 Å². The van der Waals surface area contributed by atoms with Gasteiger partial charge in [-0.1, -0.05) is 0 Å². The van der Waals surface area contributed by atoms with Gasteiger partial charge >= 0.3 is 0 Å². The predicted molar refractivity (Wildman–Crippen MR) is 90.7 cm³/mol. The van der Waals surface area contributed by atoms with Crippen LogP contribution in [0.3, 0.4) is 0 Å². The molecule has 1 heterocycles. The molecule has 6 nitrogen and oxygen atoms in total. The van der Waals surface area contributed by atoms with E-state index in [0.717, 1.165) is 26.3 Å². The van der Waals surface area contributed by atoms with E-state index in [4.69, 9.17) is 14.7 Å². The van der Waals surface area contributed by atoms with Crippen molar-refractivity contribution in [1.82, 2.24) is 10.2 Å². The van der Waals surface area contributed by atoms with Gasteiger partial charge in [-0.15, -0.1) is 0 Å². The van der Waals surface area contributed by atoms with Crippen LogP contribution in [0.2, 0.25) is 0 Å². The van der Waals surface area contributed by atoms with Crippen LogP contribution in [0.4, 0.5) is 0 Å². The topological polar surface area (TPSA) is 74.6 Å². The molecule has 0 bridgehead atoms. The predicted octanol–water partition coefficient (Wildman–Crippen LogP) is 1.55. The van der Waals surface area contributed by atoms with Crippen molar-refractivity contribution >= 4 is 5.91 Å². The number of nitrogens with one attached hydrogen (secondary N) is 1. The lowest BCUT2D eigenvalue weighted by atomic mass is 10.0. The molecule has 1 N–H and O–H groups in total. The normalized spacial score (nSPS) is 16.9. The number of carbonyl (C=O) groups excluding carboxylic acids is 1. The number of benzene rings is 1. The lowest BCUT2D eigenvalue weighted by Gasteiger charge is -2.41. The molecule has 1 atom stereocenters. The molecule has 1 amide bonds. The standard InChI is InChI=1S/C18H25N3O3/c1-14(24-16-6-4-15(12-19)5-7-16)17(22)20-13-18(2,3)21-8-10-23-11-9-21/h4-7,14H,8-11,13H2,1-3H3,(H,20,22)/t14-/m0/s1. The van der Waals surface area contributed by atoms with E-state index in [9.17, 15) is 4.79 Å². The number of carbonyl (C=O) groups is 1. The Hall–Kier alpha value is -2.10. The number of morpholine rings is 1. The highest BCUT2D eigenvalue weighted by Gasteiger charge is 2.29. The molecule has 1 aromatic carbocycles. The highest BCUT2D eigenvalue weighted by molar-refractivity contribution is 5.80. The highest BCUT2D eigenvalue weighted by atomic mass is 16.5. The minimum atomic E-state index is -0.599. The molecule has 0 aliphatic carbocycles. The molecule has 0 spiro atoms. The molecular formula is C18H25N3O3. The van der Waals surface area contributed by atoms with Gasteiger partial charge in [-0.2, -0.15) is 5.26 Å². The van der Waals surface area contributed by atoms with Crippen molar-refractivity contribution in [2.45, 2.75) is 32.4 Å². The third-order valence-corrected chi connectivity index (χ3v) is 4.23. The van der Waals surface area contributed by atoms with Crippen molar-refractivity contribution in [3.05, 3.63) is 29.8 Å². The van der Waals surface area contributed by atoms with Gasteiger partial charge in [0.2, 0.25) is 0 Å². The second-order valence-electron chi connectivity index (χ2n) is 6.53. The summed E-state index contributed by atoms with van der Waals surface area (Å²) in [7, 11) is 0. The van der Waals surface area contributed by atoms with Crippen molar-refractivity contribution < 1.29 is 14.3 Å². The van der Waals surface area contributed by atoms with Crippen LogP contribution in [0.15, 0.2) is 24.3 Å². The molecule has 1 aromatic rings. The smallest absolute Gasteiger partial charge is 0.260 e. The Morgan fingerprint density at radius 1 is 1.38 bits per heavy atom. The van der Waals surface area contributed by atoms with Gasteiger partial charge in [0, 0.05) is 25.2 Å². The maximum absolute atomic E-state index is 12.3. The fourth-order valence-corrected chi connectivity index (χ4v) is 2.59. The first-order chi connectivity index (χ1) is 11.4. The lowest BCUT2D eigenvalue weighted by Crippen LogP contribution is -2.56. The molecule has 0 saturated carbocycles. The van der Waals surface area contributed by atoms with Crippen LogP contribution in [0.5, 0.6) is 5.75 Å². The summed E-state index contributed by atoms with van der Waals surface area (Å²) in [6.45, 7) is 9.71. The second kappa shape index (κ2) is 8.13. The minimum Gasteiger partial charge on any atom is -0.481 e. The summed E-state index contributed by atoms with van der Waals surface area (Å²) in [6.07, 6.45) is -0.599. The van der Waals surface area contributed by atoms with Crippen LogP contribution in [0.25, 0.3) is 0 Å². The molecule has 0 aromatic heterocycles. The van der Waals surface area contributed by atoms with Gasteiger partial charge in [0.25, 0.3) is 5.91 Å². The number of nitriles is 1. The number of hydrogen-bond acceptors (Lipinski definition) is 5. The highest BCUT2D eigenvalue weighted by Crippen LogP contribution is 2.16. The zero-order valence-electron chi connectivity index (χ0n) is 14.5. The lowest BCUT2D eigenvalue weighted by molar-refractivity contribution is -0.128. The van der Waals surface area contributed by atoms with Crippen molar-refractivity contribution in [3.8, 4) is 11.8 Å². The van der Waals surface area contributed by atoms with Crippen molar-refractivity contribution in [2.24, 2.45) is 0 Å². The fraction of sp³-hybridized carbons (Fsp3) is 0.556. The molecule has 24 heavy (non-hydrogen) atoms. The van der Waals surface area contributed by atoms with Crippen LogP contribution in [0, 0.1) is 11.3 Å². The maximum atomic E-state index is 12.3. The van der Waals surface area contributed by atoms with E-state index < -0.39 is 6.10 Å². The molecule has 2 rings (SSSR count). The van der Waals surface area contributed by atoms with Crippen molar-refractivity contribution in [3.63, 3.8) is 0 Å². The molecular weight excluding hydrogens is 306 g/mol. The summed E-state index contributed by atoms with van der Waals surface area (Å²) < 4.78 is 11.0. The zero-order chi connectivity index (χ0) is 17.6. The number of amides is 1. The summed E-state index contributed by atoms with van der Waals surface area (Å²) in [5, 5.41) is 11.7. The van der Waals surface area contributed by atoms with Gasteiger partial charge in [0.1, 0.15) is 5.75 Å². The van der Waals surface area contributed by atoms with Gasteiger partial charge in [0.15, 0.2) is 6.10 Å². The Morgan fingerprint density at radius 3 is 2.58 bits per heavy atom. The SMILES string of the molecule is C[C@H](Oc1ccc(C#N)cc1)C(=O)NCC(C)(C)N1CCOCC1. The summed E-state index contributed by atoms with van der Waals surface area (Å²) in [6, 6.07) is 8.78. The number of ether oxygens (including phenoxy) is 2. The van der Waals surface area contributed by atoms with Crippen LogP contribution in [0.1, 0.15) is 26.3 Å². The monoisotopic (exact) mass is 331 g/mol. The number of hydrogen-bond donors (Lipinski definition) is 1. The van der Waals surface area contributed by atoms with Gasteiger partial charge in [0.05, 0.1) is 24.8 Å². The summed E-state index contributed by atoms with van der Waals surface area (Å²) in [4.78, 5) is 14.6. The Morgan fingerprint density at radius 2 is 2.00 bits per heavy atom. The Labute approximate surface area is 143 Å². The molecule has 0 unspecified atom stereocenters. The number of nitrogens with zero attached hydrogens (tertiary/aromatic N) is 2. The van der Waals surface area contributed by atoms with Crippen LogP contribution < -0.4 is 10.1 Å². The van der Waals surface area contributed by atoms with Crippen molar-refractivity contribution in [1.29, 1.82) is 5.26 Å². The van der Waals surface area contributed by atoms with E-state index in [1.54, 1.807) is 31.2 Å². The third kappa shape index (κ3) is 4.95. The quantitative estimate of drug-likeness (QED) is 0.856. The zero-order valence-corrected chi connectivity index (χ0v) is 14.5. The Kier molecular flexibility index (Phi) is 6.18. The molecule has 0 radical (unpaired) electrons. The molecule has 130 valence electrons. The van der Waals surface area contributed by atoms with Crippen LogP contribution in [-0.2, 0) is 9.53 Å². The first-order valence-corrected chi connectivity index (χ1v) is 8.20. The van der Waals surface area contributed by atoms with Crippen LogP contribution >= 0.6 is 0 Å². The largest absolute Gasteiger partial charge is 0.481 e. The first-order valence-electron chi connectivity index (χ1n) is 8.20. The molecule has 1 aliphatic heterocycles. The molecule has 1 aliphatic rings. The fourth-order valence-electron chi connectivity index (χ4n) is 2.59. The average Bonchev–Trinajstić information content (AvgIpc) is 2.61. The van der Waals surface area contributed by atoms with Gasteiger partial charge in [-0.05, 0) is 45.0 Å². The minimum absolute atomic E-state index is 0.131. The molecule has 1 saturated heterocycles. The average molecular weight is 331 g/mol. The van der Waals surface area contributed by atoms with E-state index in [-0.39, 0.29) is 11.4 Å². The third-order valence-electron chi connectivity index (χ3n) is 4.23. The van der Waals surface area contributed by atoms with Crippen molar-refractivity contribution in [2.75, 3.05) is 32.8 Å². The summed E-state index contributed by atoms with van der Waals surface area (Å²) in [5.41, 5.74) is 0.430. The molecule has 1 fully saturated rings. The van der Waals surface area contributed by atoms with E-state index >= 15 is 0 Å². The van der Waals surface area contributed by atoms with E-state index in [1.807, 2.05) is 6.07 Å². The van der Waals surface area contributed by atoms with E-state index in [0.29, 0.717) is 17.9 Å². The van der Waals surface area contributed by atoms with Gasteiger partial charge in [-0.25, -0.2) is 0 Å². The summed E-state index contributed by atoms with van der Waals surface area (Å²) >= 11 is 0. The Bertz CT molecular complexity index is 587. The second-order valence-corrected chi connectivity index (χ2v) is 6.53. The number of rotatable bonds is 6. The Balaban J connectivity index is 1.83. The molecule has 6 heteroatoms. The first kappa shape index (κ1) is 18.2. The van der Waals surface area contributed by atoms with E-state index in [2.05, 4.69) is 24.1 Å². The maximum Gasteiger partial charge on any atom is 0.260 e. The van der Waals surface area contributed by atoms with Crippen LogP contribution in [-0.4, -0.2) is 55.3 Å². The van der Waals surface area contributed by atoms with Gasteiger partial charge < -0.3 is 14.8 Å². The summed E-state index contributed by atoms with van der Waals surface area (Å²) in [5.74, 6) is 0.421. The van der Waals surface area contributed by atoms with Gasteiger partial charge in [-0.3, -0.25) is 9.69 Å².